The summed E-state index contributed by atoms with van der Waals surface area (Å²) >= 11 is 0. The van der Waals surface area contributed by atoms with Gasteiger partial charge in [0.2, 0.25) is 11.8 Å². The first-order valence-electron chi connectivity index (χ1n) is 7.68. The molecule has 0 aliphatic carbocycles. The van der Waals surface area contributed by atoms with Crippen molar-refractivity contribution in [3.8, 4) is 0 Å². The number of hydrogen-bond donors (Lipinski definition) is 2. The van der Waals surface area contributed by atoms with E-state index in [9.17, 15) is 22.8 Å². The van der Waals surface area contributed by atoms with Crippen molar-refractivity contribution >= 4 is 11.8 Å². The number of carbonyl (C=O) groups is 2. The lowest BCUT2D eigenvalue weighted by molar-refractivity contribution is -0.141. The lowest BCUT2D eigenvalue weighted by Crippen LogP contribution is -2.55. The fourth-order valence-corrected chi connectivity index (χ4v) is 2.38. The number of halogens is 3. The summed E-state index contributed by atoms with van der Waals surface area (Å²) in [5.41, 5.74) is 0. The van der Waals surface area contributed by atoms with Gasteiger partial charge in [-0.3, -0.25) is 19.4 Å². The molecule has 134 valence electrons. The zero-order valence-electron chi connectivity index (χ0n) is 13.7. The van der Waals surface area contributed by atoms with E-state index in [2.05, 4.69) is 5.32 Å². The topological polar surface area (TPSA) is 64.7 Å². The third-order valence-corrected chi connectivity index (χ3v) is 3.61. The smallest absolute Gasteiger partial charge is 0.353 e. The number of amides is 2. The first kappa shape index (κ1) is 19.7. The van der Waals surface area contributed by atoms with Crippen LogP contribution in [0.3, 0.4) is 0 Å². The Morgan fingerprint density at radius 3 is 2.13 bits per heavy atom. The van der Waals surface area contributed by atoms with E-state index in [1.165, 1.54) is 0 Å². The van der Waals surface area contributed by atoms with Crippen LogP contribution >= 0.6 is 0 Å². The number of nitrogens with one attached hydrogen (secondary N) is 2. The van der Waals surface area contributed by atoms with Crippen molar-refractivity contribution in [1.29, 1.82) is 0 Å². The molecular formula is C14H25F3N4O2. The number of carbonyl (C=O) groups excluding carboxylic acids is 2. The molecule has 23 heavy (non-hydrogen) atoms. The highest BCUT2D eigenvalue weighted by Gasteiger charge is 2.31. The SMILES string of the molecule is CC(C)NC(=O)CN1CCN([C@@H](C)C(=O)NCC(F)(F)F)CC1. The van der Waals surface area contributed by atoms with Gasteiger partial charge in [0, 0.05) is 32.2 Å². The van der Waals surface area contributed by atoms with Gasteiger partial charge in [0.15, 0.2) is 0 Å². The van der Waals surface area contributed by atoms with Crippen LogP contribution in [0.2, 0.25) is 0 Å². The van der Waals surface area contributed by atoms with E-state index in [0.717, 1.165) is 0 Å². The first-order valence-corrected chi connectivity index (χ1v) is 7.68. The molecule has 1 atom stereocenters. The molecular weight excluding hydrogens is 313 g/mol. The van der Waals surface area contributed by atoms with Gasteiger partial charge in [0.25, 0.3) is 0 Å². The third-order valence-electron chi connectivity index (χ3n) is 3.61. The second-order valence-corrected chi connectivity index (χ2v) is 6.04. The zero-order chi connectivity index (χ0) is 17.6. The normalized spacial score (nSPS) is 18.7. The highest BCUT2D eigenvalue weighted by Crippen LogP contribution is 2.13. The highest BCUT2D eigenvalue weighted by molar-refractivity contribution is 5.81. The summed E-state index contributed by atoms with van der Waals surface area (Å²) in [4.78, 5) is 27.2. The molecule has 0 unspecified atom stereocenters. The maximum Gasteiger partial charge on any atom is 0.405 e. The van der Waals surface area contributed by atoms with Crippen molar-refractivity contribution in [3.05, 3.63) is 0 Å². The van der Waals surface area contributed by atoms with Gasteiger partial charge in [0.1, 0.15) is 6.54 Å². The Balaban J connectivity index is 2.34. The molecule has 1 heterocycles. The second-order valence-electron chi connectivity index (χ2n) is 6.04. The summed E-state index contributed by atoms with van der Waals surface area (Å²) in [5, 5.41) is 4.71. The van der Waals surface area contributed by atoms with Gasteiger partial charge in [-0.05, 0) is 20.8 Å². The Kier molecular flexibility index (Phi) is 7.27. The largest absolute Gasteiger partial charge is 0.405 e. The molecule has 6 nitrogen and oxygen atoms in total. The maximum absolute atomic E-state index is 12.1. The van der Waals surface area contributed by atoms with E-state index in [-0.39, 0.29) is 11.9 Å². The minimum absolute atomic E-state index is 0.0515. The van der Waals surface area contributed by atoms with Crippen molar-refractivity contribution in [2.45, 2.75) is 39.0 Å². The molecule has 1 rings (SSSR count). The number of alkyl halides is 3. The Labute approximate surface area is 134 Å². The summed E-state index contributed by atoms with van der Waals surface area (Å²) in [7, 11) is 0. The Morgan fingerprint density at radius 2 is 1.65 bits per heavy atom. The Bertz CT molecular complexity index is 407. The van der Waals surface area contributed by atoms with E-state index in [1.54, 1.807) is 6.92 Å². The van der Waals surface area contributed by atoms with Crippen molar-refractivity contribution in [1.82, 2.24) is 20.4 Å². The molecule has 2 N–H and O–H groups in total. The molecule has 9 heteroatoms. The summed E-state index contributed by atoms with van der Waals surface area (Å²) in [6.45, 7) is 6.61. The standard InChI is InChI=1S/C14H25F3N4O2/c1-10(2)19-12(22)8-20-4-6-21(7-5-20)11(3)13(23)18-9-14(15,16)17/h10-11H,4-9H2,1-3H3,(H,18,23)(H,19,22)/t11-/m0/s1. The molecule has 0 aromatic carbocycles. The number of nitrogens with zero attached hydrogens (tertiary/aromatic N) is 2. The fourth-order valence-electron chi connectivity index (χ4n) is 2.38. The maximum atomic E-state index is 12.1. The molecule has 1 aliphatic heterocycles. The Morgan fingerprint density at radius 1 is 1.09 bits per heavy atom. The molecule has 2 amide bonds. The lowest BCUT2D eigenvalue weighted by atomic mass is 10.2. The number of hydrogen-bond acceptors (Lipinski definition) is 4. The summed E-state index contributed by atoms with van der Waals surface area (Å²) < 4.78 is 36.3. The number of piperazine rings is 1. The van der Waals surface area contributed by atoms with E-state index in [4.69, 9.17) is 0 Å². The van der Waals surface area contributed by atoms with Gasteiger partial charge in [-0.15, -0.1) is 0 Å². The fraction of sp³-hybridized carbons (Fsp3) is 0.857. The van der Waals surface area contributed by atoms with Gasteiger partial charge in [0.05, 0.1) is 12.6 Å². The van der Waals surface area contributed by atoms with E-state index >= 15 is 0 Å². The van der Waals surface area contributed by atoms with Gasteiger partial charge >= 0.3 is 6.18 Å². The summed E-state index contributed by atoms with van der Waals surface area (Å²) in [6, 6.07) is -0.537. The van der Waals surface area contributed by atoms with Crippen molar-refractivity contribution < 1.29 is 22.8 Å². The van der Waals surface area contributed by atoms with Crippen LogP contribution in [-0.4, -0.2) is 79.1 Å². The van der Waals surface area contributed by atoms with Gasteiger partial charge < -0.3 is 10.6 Å². The average molecular weight is 338 g/mol. The minimum Gasteiger partial charge on any atom is -0.353 e. The van der Waals surface area contributed by atoms with E-state index in [1.807, 2.05) is 29.0 Å². The second kappa shape index (κ2) is 8.49. The summed E-state index contributed by atoms with van der Waals surface area (Å²) in [6.07, 6.45) is -4.40. The molecule has 0 radical (unpaired) electrons. The van der Waals surface area contributed by atoms with E-state index in [0.29, 0.717) is 32.7 Å². The van der Waals surface area contributed by atoms with Gasteiger partial charge in [-0.1, -0.05) is 0 Å². The third kappa shape index (κ3) is 7.65. The van der Waals surface area contributed by atoms with Crippen LogP contribution in [0.5, 0.6) is 0 Å². The van der Waals surface area contributed by atoms with Crippen LogP contribution < -0.4 is 10.6 Å². The molecule has 1 aliphatic rings. The van der Waals surface area contributed by atoms with E-state index < -0.39 is 24.7 Å². The Hall–Kier alpha value is -1.35. The predicted octanol–water partition coefficient (Wildman–Crippen LogP) is 0.196. The first-order chi connectivity index (χ1) is 10.6. The molecule has 0 aromatic heterocycles. The van der Waals surface area contributed by atoms with Crippen molar-refractivity contribution in [2.24, 2.45) is 0 Å². The van der Waals surface area contributed by atoms with Crippen LogP contribution in [0.25, 0.3) is 0 Å². The number of rotatable bonds is 6. The van der Waals surface area contributed by atoms with Gasteiger partial charge in [-0.25, -0.2) is 0 Å². The zero-order valence-corrected chi connectivity index (χ0v) is 13.7. The minimum atomic E-state index is -4.40. The van der Waals surface area contributed by atoms with Crippen molar-refractivity contribution in [2.75, 3.05) is 39.3 Å². The van der Waals surface area contributed by atoms with Gasteiger partial charge in [-0.2, -0.15) is 13.2 Å². The van der Waals surface area contributed by atoms with Crippen LogP contribution in [0.1, 0.15) is 20.8 Å². The van der Waals surface area contributed by atoms with Crippen LogP contribution in [0, 0.1) is 0 Å². The van der Waals surface area contributed by atoms with Crippen molar-refractivity contribution in [3.63, 3.8) is 0 Å². The molecule has 0 spiro atoms. The highest BCUT2D eigenvalue weighted by atomic mass is 19.4. The quantitative estimate of drug-likeness (QED) is 0.726. The molecule has 0 aromatic rings. The molecule has 0 saturated carbocycles. The van der Waals surface area contributed by atoms with Crippen LogP contribution in [0.4, 0.5) is 13.2 Å². The van der Waals surface area contributed by atoms with Crippen LogP contribution in [-0.2, 0) is 9.59 Å². The molecule has 1 fully saturated rings. The summed E-state index contributed by atoms with van der Waals surface area (Å²) in [5.74, 6) is -0.683. The molecule has 1 saturated heterocycles. The lowest BCUT2D eigenvalue weighted by Gasteiger charge is -2.37. The molecule has 0 bridgehead atoms. The van der Waals surface area contributed by atoms with Crippen LogP contribution in [0.15, 0.2) is 0 Å². The monoisotopic (exact) mass is 338 g/mol. The average Bonchev–Trinajstić information content (AvgIpc) is 2.43. The predicted molar refractivity (Wildman–Crippen MR) is 79.8 cm³/mol.